The molecule has 3 nitrogen and oxygen atoms in total. The third-order valence-corrected chi connectivity index (χ3v) is 5.83. The van der Waals surface area contributed by atoms with E-state index in [-0.39, 0.29) is 17.5 Å². The number of carbonyl (C=O) groups is 1. The lowest BCUT2D eigenvalue weighted by Gasteiger charge is -2.18. The molecule has 30 heavy (non-hydrogen) atoms. The van der Waals surface area contributed by atoms with Crippen molar-refractivity contribution in [3.63, 3.8) is 0 Å². The highest BCUT2D eigenvalue weighted by Crippen LogP contribution is 2.40. The molecule has 0 bridgehead atoms. The summed E-state index contributed by atoms with van der Waals surface area (Å²) in [5.41, 5.74) is 7.00. The molecule has 0 fully saturated rings. The summed E-state index contributed by atoms with van der Waals surface area (Å²) in [5.74, 6) is -0.738. The van der Waals surface area contributed by atoms with Gasteiger partial charge in [-0.2, -0.15) is 0 Å². The number of aromatic nitrogens is 1. The summed E-state index contributed by atoms with van der Waals surface area (Å²) >= 11 is 0. The molecule has 1 aliphatic rings. The van der Waals surface area contributed by atoms with Crippen molar-refractivity contribution in [1.29, 1.82) is 0 Å². The van der Waals surface area contributed by atoms with E-state index in [1.165, 1.54) is 13.0 Å². The second-order valence-electron chi connectivity index (χ2n) is 7.85. The lowest BCUT2D eigenvalue weighted by atomic mass is 9.88. The number of nitrogens with one attached hydrogen (secondary N) is 2. The number of aryl methyl sites for hydroxylation is 3. The summed E-state index contributed by atoms with van der Waals surface area (Å²) in [6.07, 6.45) is 1.61. The highest BCUT2D eigenvalue weighted by Gasteiger charge is 2.23. The van der Waals surface area contributed by atoms with Gasteiger partial charge in [-0.3, -0.25) is 4.79 Å². The Labute approximate surface area is 172 Å². The van der Waals surface area contributed by atoms with E-state index < -0.39 is 0 Å². The fourth-order valence-electron chi connectivity index (χ4n) is 4.39. The van der Waals surface area contributed by atoms with Gasteiger partial charge in [0.05, 0.1) is 11.2 Å². The van der Waals surface area contributed by atoms with Crippen molar-refractivity contribution >= 4 is 22.5 Å². The van der Waals surface area contributed by atoms with E-state index in [1.54, 1.807) is 25.1 Å². The second kappa shape index (κ2) is 6.80. The van der Waals surface area contributed by atoms with Gasteiger partial charge in [-0.15, -0.1) is 0 Å². The molecule has 1 aromatic heterocycles. The maximum absolute atomic E-state index is 15.5. The molecular weight excluding hydrogens is 382 g/mol. The topological polar surface area (TPSA) is 44.9 Å². The van der Waals surface area contributed by atoms with Gasteiger partial charge < -0.3 is 10.3 Å². The number of hydrogen-bond donors (Lipinski definition) is 2. The van der Waals surface area contributed by atoms with Crippen LogP contribution in [0.4, 0.5) is 14.5 Å². The third-order valence-electron chi connectivity index (χ3n) is 5.83. The zero-order chi connectivity index (χ0) is 21.0. The number of amides is 1. The first kappa shape index (κ1) is 18.6. The van der Waals surface area contributed by atoms with E-state index >= 15 is 4.39 Å². The minimum Gasteiger partial charge on any atom is -0.352 e. The van der Waals surface area contributed by atoms with Gasteiger partial charge in [0.1, 0.15) is 5.82 Å². The summed E-state index contributed by atoms with van der Waals surface area (Å²) in [5, 5.41) is 3.69. The smallest absolute Gasteiger partial charge is 0.221 e. The first-order chi connectivity index (χ1) is 14.4. The van der Waals surface area contributed by atoms with Crippen LogP contribution >= 0.6 is 0 Å². The number of benzene rings is 3. The number of H-pyrrole nitrogens is 1. The number of rotatable bonds is 2. The zero-order valence-corrected chi connectivity index (χ0v) is 16.7. The van der Waals surface area contributed by atoms with Crippen molar-refractivity contribution in [3.05, 3.63) is 76.9 Å². The zero-order valence-electron chi connectivity index (χ0n) is 16.7. The predicted molar refractivity (Wildman–Crippen MR) is 116 cm³/mol. The van der Waals surface area contributed by atoms with Gasteiger partial charge in [0, 0.05) is 29.1 Å². The van der Waals surface area contributed by atoms with Gasteiger partial charge in [-0.25, -0.2) is 8.78 Å². The Morgan fingerprint density at radius 1 is 1.00 bits per heavy atom. The van der Waals surface area contributed by atoms with Crippen LogP contribution < -0.4 is 5.32 Å². The van der Waals surface area contributed by atoms with Crippen molar-refractivity contribution in [3.8, 4) is 22.4 Å². The molecule has 5 rings (SSSR count). The number of hydrogen-bond acceptors (Lipinski definition) is 1. The maximum Gasteiger partial charge on any atom is 0.221 e. The lowest BCUT2D eigenvalue weighted by Crippen LogP contribution is -2.08. The molecule has 0 saturated heterocycles. The molecule has 1 heterocycles. The number of anilines is 1. The predicted octanol–water partition coefficient (Wildman–Crippen LogP) is 6.15. The monoisotopic (exact) mass is 402 g/mol. The van der Waals surface area contributed by atoms with Crippen LogP contribution in [0.1, 0.15) is 23.6 Å². The summed E-state index contributed by atoms with van der Waals surface area (Å²) in [6.45, 7) is 3.16. The lowest BCUT2D eigenvalue weighted by molar-refractivity contribution is -0.114. The molecule has 2 N–H and O–H groups in total. The van der Waals surface area contributed by atoms with E-state index in [9.17, 15) is 9.18 Å². The molecule has 0 saturated carbocycles. The van der Waals surface area contributed by atoms with Crippen LogP contribution in [0, 0.1) is 18.6 Å². The molecule has 1 amide bonds. The molecule has 4 aromatic rings. The van der Waals surface area contributed by atoms with Crippen LogP contribution in [-0.2, 0) is 17.6 Å². The Morgan fingerprint density at radius 2 is 1.80 bits per heavy atom. The molecule has 0 unspecified atom stereocenters. The van der Waals surface area contributed by atoms with Gasteiger partial charge in [0.15, 0.2) is 5.82 Å². The van der Waals surface area contributed by atoms with Crippen LogP contribution in [0.2, 0.25) is 0 Å². The fourth-order valence-corrected chi connectivity index (χ4v) is 4.39. The van der Waals surface area contributed by atoms with Crippen molar-refractivity contribution in [1.82, 2.24) is 4.98 Å². The number of carbonyl (C=O) groups excluding carboxylic acids is 1. The number of fused-ring (bicyclic) bond motifs is 5. The van der Waals surface area contributed by atoms with Crippen LogP contribution in [-0.4, -0.2) is 10.9 Å². The van der Waals surface area contributed by atoms with Crippen LogP contribution in [0.15, 0.2) is 48.5 Å². The average Bonchev–Trinajstić information content (AvgIpc) is 3.10. The van der Waals surface area contributed by atoms with E-state index in [0.717, 1.165) is 46.3 Å². The molecule has 0 aliphatic heterocycles. The summed E-state index contributed by atoms with van der Waals surface area (Å²) < 4.78 is 29.1. The van der Waals surface area contributed by atoms with Crippen molar-refractivity contribution < 1.29 is 13.6 Å². The summed E-state index contributed by atoms with van der Waals surface area (Å²) in [7, 11) is 0. The summed E-state index contributed by atoms with van der Waals surface area (Å²) in [4.78, 5) is 14.6. The Hall–Kier alpha value is -3.47. The van der Waals surface area contributed by atoms with E-state index in [0.29, 0.717) is 22.2 Å². The maximum atomic E-state index is 15.5. The van der Waals surface area contributed by atoms with E-state index in [4.69, 9.17) is 0 Å². The van der Waals surface area contributed by atoms with Crippen molar-refractivity contribution in [2.24, 2.45) is 0 Å². The van der Waals surface area contributed by atoms with Crippen LogP contribution in [0.5, 0.6) is 0 Å². The molecule has 0 atom stereocenters. The van der Waals surface area contributed by atoms with E-state index in [2.05, 4.69) is 10.3 Å². The average molecular weight is 402 g/mol. The highest BCUT2D eigenvalue weighted by molar-refractivity contribution is 5.96. The first-order valence-corrected chi connectivity index (χ1v) is 9.93. The van der Waals surface area contributed by atoms with Gasteiger partial charge in [0.2, 0.25) is 5.91 Å². The minimum atomic E-state index is -0.329. The highest BCUT2D eigenvalue weighted by atomic mass is 19.1. The largest absolute Gasteiger partial charge is 0.352 e. The van der Waals surface area contributed by atoms with Crippen LogP contribution in [0.25, 0.3) is 33.3 Å². The van der Waals surface area contributed by atoms with E-state index in [1.807, 2.05) is 24.3 Å². The van der Waals surface area contributed by atoms with Gasteiger partial charge in [0.25, 0.3) is 0 Å². The quantitative estimate of drug-likeness (QED) is 0.415. The number of aromatic amines is 1. The Morgan fingerprint density at radius 3 is 2.57 bits per heavy atom. The molecule has 0 radical (unpaired) electrons. The molecule has 1 aliphatic carbocycles. The molecule has 3 aromatic carbocycles. The second-order valence-corrected chi connectivity index (χ2v) is 7.85. The summed E-state index contributed by atoms with van der Waals surface area (Å²) in [6, 6.07) is 14.2. The molecule has 0 spiro atoms. The molecule has 150 valence electrons. The van der Waals surface area contributed by atoms with Gasteiger partial charge >= 0.3 is 0 Å². The Kier molecular flexibility index (Phi) is 4.21. The van der Waals surface area contributed by atoms with Crippen molar-refractivity contribution in [2.45, 2.75) is 26.7 Å². The third kappa shape index (κ3) is 2.89. The Balaban J connectivity index is 1.64. The van der Waals surface area contributed by atoms with Gasteiger partial charge in [-0.05, 0) is 66.3 Å². The van der Waals surface area contributed by atoms with Gasteiger partial charge in [-0.1, -0.05) is 24.3 Å². The van der Waals surface area contributed by atoms with Crippen molar-refractivity contribution in [2.75, 3.05) is 5.32 Å². The van der Waals surface area contributed by atoms with Crippen LogP contribution in [0.3, 0.4) is 0 Å². The number of halogens is 2. The molecular formula is C25H20F2N2O. The Bertz CT molecular complexity index is 1340. The standard InChI is InChI=1S/C25H20F2N2O/c1-13-11-15(4-10-22(13)26)18-8-9-21-20-6-3-16-12-17(28-14(2)30)5-7-19(16)24(20)29-25(21)23(18)27/h4-5,7-12,29H,3,6H2,1-2H3,(H,28,30). The normalized spacial score (nSPS) is 12.5. The SMILES string of the molecule is CC(=O)Nc1ccc2c(c1)CCc1c-2[nH]c2c(F)c(-c3ccc(F)c(C)c3)ccc12. The first-order valence-electron chi connectivity index (χ1n) is 9.93. The fraction of sp³-hybridized carbons (Fsp3) is 0.160. The minimum absolute atomic E-state index is 0.109. The molecule has 5 heteroatoms.